The summed E-state index contributed by atoms with van der Waals surface area (Å²) in [5.41, 5.74) is 5.34. The van der Waals surface area contributed by atoms with Crippen LogP contribution in [0.1, 0.15) is 41.9 Å². The normalized spacial score (nSPS) is 11.6. The molecule has 3 rings (SSSR count). The quantitative estimate of drug-likeness (QED) is 0.559. The summed E-state index contributed by atoms with van der Waals surface area (Å²) in [6.45, 7) is 6.25. The summed E-state index contributed by atoms with van der Waals surface area (Å²) in [5.74, 6) is -0.442. The molecular weight excluding hydrogens is 340 g/mol. The lowest BCUT2D eigenvalue weighted by atomic mass is 10.1. The molecule has 0 aliphatic carbocycles. The van der Waals surface area contributed by atoms with Gasteiger partial charge in [0.15, 0.2) is 5.69 Å². The third kappa shape index (κ3) is 3.95. The third-order valence-electron chi connectivity index (χ3n) is 4.31. The van der Waals surface area contributed by atoms with Gasteiger partial charge in [-0.1, -0.05) is 55.0 Å². The Hall–Kier alpha value is -3.28. The number of nitrogens with one attached hydrogen (secondary N) is 1. The smallest absolute Gasteiger partial charge is 0.267 e. The maximum atomic E-state index is 12.7. The van der Waals surface area contributed by atoms with Crippen LogP contribution in [0, 0.1) is 6.92 Å². The van der Waals surface area contributed by atoms with Crippen molar-refractivity contribution >= 4 is 22.4 Å². The Morgan fingerprint density at radius 1 is 1.11 bits per heavy atom. The highest BCUT2D eigenvalue weighted by Crippen LogP contribution is 2.13. The van der Waals surface area contributed by atoms with E-state index < -0.39 is 5.91 Å². The second-order valence-electron chi connectivity index (χ2n) is 6.43. The highest BCUT2D eigenvalue weighted by Gasteiger charge is 2.16. The fourth-order valence-corrected chi connectivity index (χ4v) is 2.81. The first-order valence-corrected chi connectivity index (χ1v) is 8.92. The molecule has 1 aromatic heterocycles. The van der Waals surface area contributed by atoms with E-state index in [9.17, 15) is 9.59 Å². The number of nitrogens with zero attached hydrogens (tertiary/aromatic N) is 3. The van der Waals surface area contributed by atoms with Crippen molar-refractivity contribution in [3.8, 4) is 0 Å². The molecule has 1 N–H and O–H groups in total. The zero-order valence-electron chi connectivity index (χ0n) is 15.7. The Labute approximate surface area is 157 Å². The van der Waals surface area contributed by atoms with Gasteiger partial charge in [-0.2, -0.15) is 10.2 Å². The van der Waals surface area contributed by atoms with E-state index in [1.54, 1.807) is 24.3 Å². The number of hydrogen-bond donors (Lipinski definition) is 1. The summed E-state index contributed by atoms with van der Waals surface area (Å²) in [6, 6.07) is 14.9. The Kier molecular flexibility index (Phi) is 5.45. The van der Waals surface area contributed by atoms with Gasteiger partial charge in [0.1, 0.15) is 0 Å². The van der Waals surface area contributed by atoms with Crippen molar-refractivity contribution in [3.63, 3.8) is 0 Å². The largest absolute Gasteiger partial charge is 0.292 e. The minimum Gasteiger partial charge on any atom is -0.267 e. The number of rotatable bonds is 5. The molecule has 0 saturated heterocycles. The minimum absolute atomic E-state index is 0.191. The first-order valence-electron chi connectivity index (χ1n) is 8.92. The molecule has 0 fully saturated rings. The molecule has 1 amide bonds. The van der Waals surface area contributed by atoms with Crippen molar-refractivity contribution in [2.24, 2.45) is 5.10 Å². The molecule has 6 nitrogen and oxygen atoms in total. The van der Waals surface area contributed by atoms with Crippen molar-refractivity contribution in [2.75, 3.05) is 0 Å². The van der Waals surface area contributed by atoms with Crippen LogP contribution < -0.4 is 11.0 Å². The SMILES string of the molecule is CCCn1nc(C(=O)N/N=C(\C)c2ccc(C)cc2)c2ccccc2c1=O. The topological polar surface area (TPSA) is 76.3 Å². The van der Waals surface area contributed by atoms with E-state index >= 15 is 0 Å². The van der Waals surface area contributed by atoms with Crippen LogP contribution in [-0.2, 0) is 6.54 Å². The fraction of sp³-hybridized carbons (Fsp3) is 0.238. The van der Waals surface area contributed by atoms with E-state index in [0.29, 0.717) is 23.0 Å². The molecule has 0 aliphatic heterocycles. The van der Waals surface area contributed by atoms with Crippen molar-refractivity contribution in [1.29, 1.82) is 0 Å². The lowest BCUT2D eigenvalue weighted by Gasteiger charge is -2.09. The highest BCUT2D eigenvalue weighted by molar-refractivity contribution is 6.06. The van der Waals surface area contributed by atoms with Gasteiger partial charge >= 0.3 is 0 Å². The van der Waals surface area contributed by atoms with Gasteiger partial charge in [0, 0.05) is 11.9 Å². The minimum atomic E-state index is -0.442. The van der Waals surface area contributed by atoms with Crippen LogP contribution >= 0.6 is 0 Å². The van der Waals surface area contributed by atoms with E-state index in [1.165, 1.54) is 4.68 Å². The van der Waals surface area contributed by atoms with Crippen molar-refractivity contribution in [1.82, 2.24) is 15.2 Å². The number of benzene rings is 2. The second kappa shape index (κ2) is 7.95. The van der Waals surface area contributed by atoms with Crippen molar-refractivity contribution in [2.45, 2.75) is 33.7 Å². The predicted molar refractivity (Wildman–Crippen MR) is 107 cm³/mol. The van der Waals surface area contributed by atoms with Crippen LogP contribution in [0.2, 0.25) is 0 Å². The standard InChI is InChI=1S/C21H22N4O2/c1-4-13-25-21(27)18-8-6-5-7-17(18)19(24-25)20(26)23-22-15(3)16-11-9-14(2)10-12-16/h5-12H,4,13H2,1-3H3,(H,23,26)/b22-15+. The molecule has 3 aromatic rings. The summed E-state index contributed by atoms with van der Waals surface area (Å²) in [4.78, 5) is 25.2. The van der Waals surface area contributed by atoms with Crippen LogP contribution in [0.3, 0.4) is 0 Å². The maximum absolute atomic E-state index is 12.7. The summed E-state index contributed by atoms with van der Waals surface area (Å²) in [7, 11) is 0. The van der Waals surface area contributed by atoms with Crippen molar-refractivity contribution in [3.05, 3.63) is 75.7 Å². The predicted octanol–water partition coefficient (Wildman–Crippen LogP) is 3.27. The van der Waals surface area contributed by atoms with E-state index in [-0.39, 0.29) is 11.3 Å². The lowest BCUT2D eigenvalue weighted by Crippen LogP contribution is -2.29. The molecular formula is C21H22N4O2. The Bertz CT molecular complexity index is 1070. The van der Waals surface area contributed by atoms with Crippen molar-refractivity contribution < 1.29 is 4.79 Å². The Morgan fingerprint density at radius 2 is 1.78 bits per heavy atom. The van der Waals surface area contributed by atoms with E-state index in [2.05, 4.69) is 15.6 Å². The van der Waals surface area contributed by atoms with Gasteiger partial charge in [-0.05, 0) is 31.9 Å². The molecule has 0 aliphatic rings. The van der Waals surface area contributed by atoms with Crippen LogP contribution in [0.25, 0.3) is 10.8 Å². The molecule has 138 valence electrons. The molecule has 27 heavy (non-hydrogen) atoms. The lowest BCUT2D eigenvalue weighted by molar-refractivity contribution is 0.0949. The second-order valence-corrected chi connectivity index (χ2v) is 6.43. The average Bonchev–Trinajstić information content (AvgIpc) is 2.68. The van der Waals surface area contributed by atoms with Gasteiger partial charge in [-0.3, -0.25) is 9.59 Å². The third-order valence-corrected chi connectivity index (χ3v) is 4.31. The number of amides is 1. The number of fused-ring (bicyclic) bond motifs is 1. The Morgan fingerprint density at radius 3 is 2.44 bits per heavy atom. The number of aromatic nitrogens is 2. The van der Waals surface area contributed by atoms with Gasteiger partial charge in [0.2, 0.25) is 0 Å². The molecule has 0 radical (unpaired) electrons. The summed E-state index contributed by atoms with van der Waals surface area (Å²) >= 11 is 0. The molecule has 0 spiro atoms. The molecule has 2 aromatic carbocycles. The number of carbonyl (C=O) groups is 1. The molecule has 0 unspecified atom stereocenters. The van der Waals surface area contributed by atoms with Gasteiger partial charge in [-0.15, -0.1) is 0 Å². The zero-order chi connectivity index (χ0) is 19.4. The van der Waals surface area contributed by atoms with Gasteiger partial charge in [0.05, 0.1) is 11.1 Å². The van der Waals surface area contributed by atoms with Gasteiger partial charge in [0.25, 0.3) is 11.5 Å². The van der Waals surface area contributed by atoms with Crippen LogP contribution in [0.5, 0.6) is 0 Å². The van der Waals surface area contributed by atoms with E-state index in [4.69, 9.17) is 0 Å². The zero-order valence-corrected chi connectivity index (χ0v) is 15.7. The molecule has 0 saturated carbocycles. The van der Waals surface area contributed by atoms with Crippen LogP contribution in [0.15, 0.2) is 58.4 Å². The van der Waals surface area contributed by atoms with Gasteiger partial charge < -0.3 is 0 Å². The van der Waals surface area contributed by atoms with E-state index in [0.717, 1.165) is 17.5 Å². The summed E-state index contributed by atoms with van der Waals surface area (Å²) in [5, 5.41) is 9.47. The number of hydrazone groups is 1. The number of aryl methyl sites for hydroxylation is 2. The molecule has 1 heterocycles. The first kappa shape index (κ1) is 18.5. The maximum Gasteiger partial charge on any atom is 0.292 e. The number of carbonyl (C=O) groups excluding carboxylic acids is 1. The average molecular weight is 362 g/mol. The fourth-order valence-electron chi connectivity index (χ4n) is 2.81. The monoisotopic (exact) mass is 362 g/mol. The molecule has 0 atom stereocenters. The first-order chi connectivity index (χ1) is 13.0. The Balaban J connectivity index is 1.95. The summed E-state index contributed by atoms with van der Waals surface area (Å²) in [6.07, 6.45) is 0.747. The summed E-state index contributed by atoms with van der Waals surface area (Å²) < 4.78 is 1.34. The molecule has 6 heteroatoms. The number of hydrogen-bond acceptors (Lipinski definition) is 4. The van der Waals surface area contributed by atoms with Crippen LogP contribution in [0.4, 0.5) is 0 Å². The molecule has 0 bridgehead atoms. The van der Waals surface area contributed by atoms with E-state index in [1.807, 2.05) is 45.0 Å². The van der Waals surface area contributed by atoms with Crippen LogP contribution in [-0.4, -0.2) is 21.4 Å². The van der Waals surface area contributed by atoms with Gasteiger partial charge in [-0.25, -0.2) is 10.1 Å². The highest BCUT2D eigenvalue weighted by atomic mass is 16.2.